The molecule has 0 unspecified atom stereocenters. The van der Waals surface area contributed by atoms with Gasteiger partial charge < -0.3 is 15.8 Å². The largest absolute Gasteiger partial charge is 0.487 e. The molecule has 0 radical (unpaired) electrons. The van der Waals surface area contributed by atoms with Crippen LogP contribution in [0.1, 0.15) is 41.2 Å². The number of pyridine rings is 1. The molecule has 1 aliphatic carbocycles. The van der Waals surface area contributed by atoms with Gasteiger partial charge in [-0.25, -0.2) is 17.2 Å². The van der Waals surface area contributed by atoms with Gasteiger partial charge in [0.1, 0.15) is 18.1 Å². The van der Waals surface area contributed by atoms with Gasteiger partial charge in [-0.05, 0) is 18.8 Å². The zero-order chi connectivity index (χ0) is 19.8. The summed E-state index contributed by atoms with van der Waals surface area (Å²) in [5, 5.41) is 2.50. The average molecular weight is 403 g/mol. The Morgan fingerprint density at radius 1 is 1.37 bits per heavy atom. The Balaban J connectivity index is 1.79. The maximum Gasteiger partial charge on any atom is 0.272 e. The Kier molecular flexibility index (Phi) is 5.06. The summed E-state index contributed by atoms with van der Waals surface area (Å²) >= 11 is 0. The number of aromatic nitrogens is 1. The molecule has 2 fully saturated rings. The Morgan fingerprint density at radius 2 is 2.04 bits per heavy atom. The molecule has 1 aromatic heterocycles. The van der Waals surface area contributed by atoms with E-state index in [-0.39, 0.29) is 23.8 Å². The molecule has 1 saturated carbocycles. The van der Waals surface area contributed by atoms with Crippen molar-refractivity contribution in [3.63, 3.8) is 0 Å². The predicted octanol–water partition coefficient (Wildman–Crippen LogP) is 0.375. The van der Waals surface area contributed by atoms with Crippen LogP contribution in [0.4, 0.5) is 8.78 Å². The van der Waals surface area contributed by atoms with E-state index in [4.69, 9.17) is 10.5 Å². The molecular formula is C16H19F2N3O5S. The zero-order valence-electron chi connectivity index (χ0n) is 14.3. The van der Waals surface area contributed by atoms with Crippen molar-refractivity contribution in [1.29, 1.82) is 0 Å². The monoisotopic (exact) mass is 403 g/mol. The number of rotatable bonds is 8. The van der Waals surface area contributed by atoms with Crippen molar-refractivity contribution < 1.29 is 31.5 Å². The lowest BCUT2D eigenvalue weighted by atomic mass is 9.98. The number of sulfone groups is 1. The molecule has 2 heterocycles. The average Bonchev–Trinajstić information content (AvgIpc) is 3.34. The number of primary amides is 1. The van der Waals surface area contributed by atoms with E-state index in [1.54, 1.807) is 0 Å². The fraction of sp³-hybridized carbons (Fsp3) is 0.562. The van der Waals surface area contributed by atoms with E-state index in [1.807, 2.05) is 0 Å². The third-order valence-corrected chi connectivity index (χ3v) is 6.38. The third-order valence-electron chi connectivity index (χ3n) is 4.39. The second-order valence-electron chi connectivity index (χ2n) is 6.99. The second-order valence-corrected chi connectivity index (χ2v) is 9.06. The number of alkyl halides is 2. The molecule has 2 aliphatic rings. The molecule has 3 N–H and O–H groups in total. The van der Waals surface area contributed by atoms with Gasteiger partial charge in [0.15, 0.2) is 9.84 Å². The summed E-state index contributed by atoms with van der Waals surface area (Å²) in [6.45, 7) is -0.811. The highest BCUT2D eigenvalue weighted by molar-refractivity contribution is 7.93. The third kappa shape index (κ3) is 4.71. The molecule has 0 atom stereocenters. The van der Waals surface area contributed by atoms with Gasteiger partial charge in [-0.3, -0.25) is 14.6 Å². The Bertz CT molecular complexity index is 859. The topological polar surface area (TPSA) is 128 Å². The van der Waals surface area contributed by atoms with Crippen LogP contribution < -0.4 is 15.8 Å². The van der Waals surface area contributed by atoms with Gasteiger partial charge in [0.05, 0.1) is 23.5 Å². The summed E-state index contributed by atoms with van der Waals surface area (Å²) in [7, 11) is -3.35. The number of nitrogens with zero attached hydrogens (tertiary/aromatic N) is 1. The fourth-order valence-corrected chi connectivity index (χ4v) is 5.15. The van der Waals surface area contributed by atoms with Crippen LogP contribution in [0.25, 0.3) is 0 Å². The fourth-order valence-electron chi connectivity index (χ4n) is 3.21. The lowest BCUT2D eigenvalue weighted by Crippen LogP contribution is -2.66. The Labute approximate surface area is 154 Å². The molecule has 3 rings (SSSR count). The van der Waals surface area contributed by atoms with Gasteiger partial charge in [-0.1, -0.05) is 0 Å². The number of hydrogen-bond acceptors (Lipinski definition) is 6. The van der Waals surface area contributed by atoms with Gasteiger partial charge in [0, 0.05) is 17.8 Å². The van der Waals surface area contributed by atoms with E-state index < -0.39 is 51.7 Å². The van der Waals surface area contributed by atoms with Crippen molar-refractivity contribution in [2.45, 2.75) is 37.1 Å². The molecule has 11 heteroatoms. The number of carbonyl (C=O) groups excluding carboxylic acids is 2. The number of nitrogens with one attached hydrogen (secondary N) is 1. The van der Waals surface area contributed by atoms with Gasteiger partial charge in [-0.15, -0.1) is 0 Å². The van der Waals surface area contributed by atoms with E-state index in [0.29, 0.717) is 5.56 Å². The first-order valence-corrected chi connectivity index (χ1v) is 10.1. The molecule has 148 valence electrons. The van der Waals surface area contributed by atoms with E-state index in [1.165, 1.54) is 12.3 Å². The lowest BCUT2D eigenvalue weighted by Gasteiger charge is -2.40. The summed E-state index contributed by atoms with van der Waals surface area (Å²) < 4.78 is 53.1. The normalized spacial score (nSPS) is 20.0. The number of hydrogen-bond donors (Lipinski definition) is 2. The minimum absolute atomic E-state index is 0.114. The van der Waals surface area contributed by atoms with Crippen LogP contribution in [0.2, 0.25) is 0 Å². The van der Waals surface area contributed by atoms with Gasteiger partial charge in [-0.2, -0.15) is 0 Å². The first kappa shape index (κ1) is 19.5. The number of ether oxygens (including phenoxy) is 1. The van der Waals surface area contributed by atoms with Crippen molar-refractivity contribution in [3.8, 4) is 5.75 Å². The van der Waals surface area contributed by atoms with Crippen molar-refractivity contribution in [1.82, 2.24) is 10.3 Å². The summed E-state index contributed by atoms with van der Waals surface area (Å²) in [6.07, 6.45) is 0.190. The summed E-state index contributed by atoms with van der Waals surface area (Å²) in [5.74, 6) is -1.95. The number of amides is 2. The number of halogens is 2. The van der Waals surface area contributed by atoms with Crippen molar-refractivity contribution in [3.05, 3.63) is 23.5 Å². The smallest absolute Gasteiger partial charge is 0.272 e. The highest BCUT2D eigenvalue weighted by Crippen LogP contribution is 2.44. The maximum absolute atomic E-state index is 12.5. The van der Waals surface area contributed by atoms with Gasteiger partial charge >= 0.3 is 0 Å². The first-order valence-electron chi connectivity index (χ1n) is 8.31. The Hall–Kier alpha value is -2.30. The van der Waals surface area contributed by atoms with Crippen LogP contribution in [-0.4, -0.2) is 55.3 Å². The quantitative estimate of drug-likeness (QED) is 0.646. The van der Waals surface area contributed by atoms with E-state index in [9.17, 15) is 26.8 Å². The van der Waals surface area contributed by atoms with E-state index in [2.05, 4.69) is 10.3 Å². The zero-order valence-corrected chi connectivity index (χ0v) is 15.1. The van der Waals surface area contributed by atoms with E-state index in [0.717, 1.165) is 12.8 Å². The highest BCUT2D eigenvalue weighted by Gasteiger charge is 2.50. The minimum Gasteiger partial charge on any atom is -0.487 e. The van der Waals surface area contributed by atoms with Crippen molar-refractivity contribution in [2.75, 3.05) is 18.1 Å². The number of nitrogens with two attached hydrogens (primary N) is 1. The molecular weight excluding hydrogens is 384 g/mol. The van der Waals surface area contributed by atoms with Crippen LogP contribution in [0.3, 0.4) is 0 Å². The molecule has 1 aromatic rings. The molecule has 27 heavy (non-hydrogen) atoms. The molecule has 0 aromatic carbocycles. The van der Waals surface area contributed by atoms with Gasteiger partial charge in [0.2, 0.25) is 5.91 Å². The van der Waals surface area contributed by atoms with Crippen molar-refractivity contribution >= 4 is 21.7 Å². The summed E-state index contributed by atoms with van der Waals surface area (Å²) in [5.41, 5.74) is 4.42. The molecule has 0 bridgehead atoms. The van der Waals surface area contributed by atoms with Crippen molar-refractivity contribution in [2.24, 2.45) is 5.73 Å². The first-order chi connectivity index (χ1) is 12.6. The van der Waals surface area contributed by atoms with Gasteiger partial charge in [0.25, 0.3) is 12.3 Å². The summed E-state index contributed by atoms with van der Waals surface area (Å²) in [6, 6.07) is 1.26. The molecule has 2 amide bonds. The maximum atomic E-state index is 12.5. The summed E-state index contributed by atoms with van der Waals surface area (Å²) in [4.78, 5) is 27.8. The standard InChI is InChI=1S/C16H19F2N3O5S/c17-13(18)6-26-12-3-11(20-5-10(12)9-1-2-9)15(23)21-16(4-14(19)22)7-27(24,25)8-16/h3,5,9,13H,1-2,4,6-8H2,(H2,19,22)(H,21,23). The molecule has 8 nitrogen and oxygen atoms in total. The predicted molar refractivity (Wildman–Crippen MR) is 90.4 cm³/mol. The van der Waals surface area contributed by atoms with E-state index >= 15 is 0 Å². The van der Waals surface area contributed by atoms with Crippen LogP contribution in [0.5, 0.6) is 5.75 Å². The second kappa shape index (κ2) is 7.02. The molecule has 1 saturated heterocycles. The SMILES string of the molecule is NC(=O)CC1(NC(=O)c2cc(OCC(F)F)c(C3CC3)cn2)CS(=O)(=O)C1. The number of carbonyl (C=O) groups is 2. The minimum atomic E-state index is -3.35. The lowest BCUT2D eigenvalue weighted by molar-refractivity contribution is -0.119. The molecule has 1 aliphatic heterocycles. The highest BCUT2D eigenvalue weighted by atomic mass is 32.2. The van der Waals surface area contributed by atoms with Crippen LogP contribution in [0.15, 0.2) is 12.3 Å². The molecule has 0 spiro atoms. The van der Waals surface area contributed by atoms with Crippen LogP contribution in [0, 0.1) is 0 Å². The van der Waals surface area contributed by atoms with Crippen LogP contribution >= 0.6 is 0 Å². The van der Waals surface area contributed by atoms with Crippen LogP contribution in [-0.2, 0) is 14.6 Å². The Morgan fingerprint density at radius 3 is 2.56 bits per heavy atom.